The monoisotopic (exact) mass is 257 g/mol. The van der Waals surface area contributed by atoms with Crippen molar-refractivity contribution in [2.24, 2.45) is 0 Å². The average molecular weight is 257 g/mol. The van der Waals surface area contributed by atoms with Crippen LogP contribution < -0.4 is 5.32 Å². The van der Waals surface area contributed by atoms with E-state index in [4.69, 9.17) is 5.11 Å². The third-order valence-electron chi connectivity index (χ3n) is 2.91. The van der Waals surface area contributed by atoms with Crippen LogP contribution >= 0.6 is 0 Å². The molecule has 0 bridgehead atoms. The Balaban J connectivity index is 1.98. The van der Waals surface area contributed by atoms with E-state index in [1.54, 1.807) is 0 Å². The molecule has 0 unspecified atom stereocenters. The molecule has 0 heterocycles. The molecule has 0 atom stereocenters. The van der Waals surface area contributed by atoms with Crippen molar-refractivity contribution in [3.63, 3.8) is 0 Å². The molecule has 0 fully saturated rings. The number of benzene rings is 2. The summed E-state index contributed by atoms with van der Waals surface area (Å²) in [5.74, 6) is -1.56. The Morgan fingerprint density at radius 3 is 2.58 bits per heavy atom. The van der Waals surface area contributed by atoms with Gasteiger partial charge in [-0.25, -0.2) is 0 Å². The van der Waals surface area contributed by atoms with Crippen LogP contribution in [0.1, 0.15) is 12.0 Å². The van der Waals surface area contributed by atoms with Crippen molar-refractivity contribution in [1.82, 2.24) is 5.32 Å². The van der Waals surface area contributed by atoms with E-state index < -0.39 is 18.3 Å². The number of carboxylic acid groups (broad SMARTS) is 1. The largest absolute Gasteiger partial charge is 0.481 e. The maximum absolute atomic E-state index is 11.2. The van der Waals surface area contributed by atoms with Crippen LogP contribution in [0.4, 0.5) is 0 Å². The van der Waals surface area contributed by atoms with E-state index in [9.17, 15) is 9.59 Å². The highest BCUT2D eigenvalue weighted by atomic mass is 16.4. The molecule has 4 nitrogen and oxygen atoms in total. The van der Waals surface area contributed by atoms with Gasteiger partial charge in [0, 0.05) is 6.54 Å². The molecule has 4 heteroatoms. The van der Waals surface area contributed by atoms with Crippen molar-refractivity contribution < 1.29 is 14.7 Å². The van der Waals surface area contributed by atoms with Gasteiger partial charge < -0.3 is 10.4 Å². The first-order valence-electron chi connectivity index (χ1n) is 6.12. The summed E-state index contributed by atoms with van der Waals surface area (Å²) in [6, 6.07) is 14.1. The topological polar surface area (TPSA) is 66.4 Å². The van der Waals surface area contributed by atoms with Gasteiger partial charge in [0.2, 0.25) is 5.91 Å². The summed E-state index contributed by atoms with van der Waals surface area (Å²) in [5.41, 5.74) is 1.15. The number of fused-ring (bicyclic) bond motifs is 1. The van der Waals surface area contributed by atoms with Gasteiger partial charge in [-0.3, -0.25) is 9.59 Å². The molecule has 19 heavy (non-hydrogen) atoms. The number of carbonyl (C=O) groups is 2. The molecule has 0 spiro atoms. The fourth-order valence-electron chi connectivity index (χ4n) is 2.05. The molecule has 0 aliphatic rings. The third kappa shape index (κ3) is 3.55. The molecule has 1 amide bonds. The zero-order valence-electron chi connectivity index (χ0n) is 10.4. The van der Waals surface area contributed by atoms with Crippen molar-refractivity contribution >= 4 is 22.6 Å². The number of nitrogens with one attached hydrogen (secondary N) is 1. The summed E-state index contributed by atoms with van der Waals surface area (Å²) >= 11 is 0. The second-order valence-corrected chi connectivity index (χ2v) is 4.31. The van der Waals surface area contributed by atoms with E-state index in [2.05, 4.69) is 5.32 Å². The molecule has 0 aromatic heterocycles. The quantitative estimate of drug-likeness (QED) is 0.805. The average Bonchev–Trinajstić information content (AvgIpc) is 2.38. The van der Waals surface area contributed by atoms with Gasteiger partial charge in [0.1, 0.15) is 6.42 Å². The van der Waals surface area contributed by atoms with Crippen molar-refractivity contribution in [1.29, 1.82) is 0 Å². The highest BCUT2D eigenvalue weighted by molar-refractivity contribution is 5.93. The molecule has 2 aromatic carbocycles. The number of amides is 1. The van der Waals surface area contributed by atoms with Gasteiger partial charge >= 0.3 is 5.97 Å². The van der Waals surface area contributed by atoms with E-state index in [-0.39, 0.29) is 0 Å². The SMILES string of the molecule is O=C(O)CC(=O)NCCc1cccc2ccccc12. The number of hydrogen-bond acceptors (Lipinski definition) is 2. The van der Waals surface area contributed by atoms with Crippen LogP contribution in [0.5, 0.6) is 0 Å². The van der Waals surface area contributed by atoms with Crippen molar-refractivity contribution in [3.8, 4) is 0 Å². The van der Waals surface area contributed by atoms with Crippen molar-refractivity contribution in [2.75, 3.05) is 6.54 Å². The van der Waals surface area contributed by atoms with E-state index >= 15 is 0 Å². The number of carboxylic acids is 1. The first-order valence-corrected chi connectivity index (χ1v) is 6.12. The molecular formula is C15H15NO3. The summed E-state index contributed by atoms with van der Waals surface area (Å²) in [4.78, 5) is 21.6. The Morgan fingerprint density at radius 1 is 1.05 bits per heavy atom. The lowest BCUT2D eigenvalue weighted by molar-refractivity contribution is -0.140. The van der Waals surface area contributed by atoms with Crippen LogP contribution in [0.15, 0.2) is 42.5 Å². The standard InChI is InChI=1S/C15H15NO3/c17-14(10-15(18)19)16-9-8-12-6-3-5-11-4-1-2-7-13(11)12/h1-7H,8-10H2,(H,16,17)(H,18,19). The second-order valence-electron chi connectivity index (χ2n) is 4.31. The van der Waals surface area contributed by atoms with E-state index in [0.717, 1.165) is 16.3 Å². The molecular weight excluding hydrogens is 242 g/mol. The number of rotatable bonds is 5. The van der Waals surface area contributed by atoms with Gasteiger partial charge in [0.05, 0.1) is 0 Å². The Kier molecular flexibility index (Phi) is 4.13. The lowest BCUT2D eigenvalue weighted by Crippen LogP contribution is -2.27. The van der Waals surface area contributed by atoms with Crippen molar-refractivity contribution in [2.45, 2.75) is 12.8 Å². The zero-order valence-corrected chi connectivity index (χ0v) is 10.4. The van der Waals surface area contributed by atoms with Crippen LogP contribution in [0.2, 0.25) is 0 Å². The van der Waals surface area contributed by atoms with Crippen LogP contribution in [0.25, 0.3) is 10.8 Å². The fourth-order valence-corrected chi connectivity index (χ4v) is 2.05. The maximum atomic E-state index is 11.2. The highest BCUT2D eigenvalue weighted by Gasteiger charge is 2.06. The molecule has 2 N–H and O–H groups in total. The third-order valence-corrected chi connectivity index (χ3v) is 2.91. The first kappa shape index (κ1) is 13.1. The smallest absolute Gasteiger partial charge is 0.312 e. The number of carbonyl (C=O) groups excluding carboxylic acids is 1. The van der Waals surface area contributed by atoms with Gasteiger partial charge in [-0.1, -0.05) is 42.5 Å². The normalized spacial score (nSPS) is 10.3. The summed E-state index contributed by atoms with van der Waals surface area (Å²) in [5, 5.41) is 13.4. The Hall–Kier alpha value is -2.36. The molecule has 0 aliphatic carbocycles. The first-order chi connectivity index (χ1) is 9.16. The van der Waals surface area contributed by atoms with Crippen LogP contribution in [0.3, 0.4) is 0 Å². The molecule has 2 aromatic rings. The summed E-state index contributed by atoms with van der Waals surface area (Å²) in [7, 11) is 0. The second kappa shape index (κ2) is 6.00. The van der Waals surface area contributed by atoms with E-state index in [1.807, 2.05) is 42.5 Å². The Bertz CT molecular complexity index is 602. The van der Waals surface area contributed by atoms with E-state index in [1.165, 1.54) is 0 Å². The molecule has 0 saturated carbocycles. The molecule has 0 aliphatic heterocycles. The predicted octanol–water partition coefficient (Wildman–Crippen LogP) is 1.97. The van der Waals surface area contributed by atoms with Gasteiger partial charge in [0.25, 0.3) is 0 Å². The molecule has 0 radical (unpaired) electrons. The van der Waals surface area contributed by atoms with Crippen LogP contribution in [0, 0.1) is 0 Å². The zero-order chi connectivity index (χ0) is 13.7. The van der Waals surface area contributed by atoms with Gasteiger partial charge in [-0.15, -0.1) is 0 Å². The van der Waals surface area contributed by atoms with Crippen LogP contribution in [-0.2, 0) is 16.0 Å². The van der Waals surface area contributed by atoms with Gasteiger partial charge in [-0.2, -0.15) is 0 Å². The number of aliphatic carboxylic acids is 1. The lowest BCUT2D eigenvalue weighted by atomic mass is 10.0. The Labute approximate surface area is 111 Å². The highest BCUT2D eigenvalue weighted by Crippen LogP contribution is 2.18. The predicted molar refractivity (Wildman–Crippen MR) is 72.9 cm³/mol. The minimum absolute atomic E-state index is 0.445. The minimum Gasteiger partial charge on any atom is -0.481 e. The Morgan fingerprint density at radius 2 is 1.79 bits per heavy atom. The molecule has 98 valence electrons. The number of hydrogen-bond donors (Lipinski definition) is 2. The summed E-state index contributed by atoms with van der Waals surface area (Å²) < 4.78 is 0. The molecule has 0 saturated heterocycles. The fraction of sp³-hybridized carbons (Fsp3) is 0.200. The summed E-state index contributed by atoms with van der Waals surface area (Å²) in [6.45, 7) is 0.445. The van der Waals surface area contributed by atoms with E-state index in [0.29, 0.717) is 13.0 Å². The van der Waals surface area contributed by atoms with Gasteiger partial charge in [-0.05, 0) is 22.8 Å². The minimum atomic E-state index is -1.11. The maximum Gasteiger partial charge on any atom is 0.312 e. The van der Waals surface area contributed by atoms with Gasteiger partial charge in [0.15, 0.2) is 0 Å². The molecule has 2 rings (SSSR count). The lowest BCUT2D eigenvalue weighted by Gasteiger charge is -2.07. The summed E-state index contributed by atoms with van der Waals surface area (Å²) in [6.07, 6.45) is 0.211. The van der Waals surface area contributed by atoms with Crippen LogP contribution in [-0.4, -0.2) is 23.5 Å². The van der Waals surface area contributed by atoms with Crippen molar-refractivity contribution in [3.05, 3.63) is 48.0 Å².